The molecular formula is C15H31NO2. The number of aliphatic hydroxyl groups is 1. The molecule has 1 aliphatic rings. The van der Waals surface area contributed by atoms with Gasteiger partial charge in [0.2, 0.25) is 0 Å². The average Bonchev–Trinajstić information content (AvgIpc) is 2.70. The number of hydrogen-bond acceptors (Lipinski definition) is 3. The van der Waals surface area contributed by atoms with Crippen LogP contribution in [-0.4, -0.2) is 36.0 Å². The van der Waals surface area contributed by atoms with Crippen LogP contribution >= 0.6 is 0 Å². The maximum Gasteiger partial charge on any atom is 0.0898 e. The first-order valence-electron chi connectivity index (χ1n) is 7.46. The lowest BCUT2D eigenvalue weighted by Gasteiger charge is -2.27. The third-order valence-corrected chi connectivity index (χ3v) is 3.85. The van der Waals surface area contributed by atoms with Gasteiger partial charge in [-0.2, -0.15) is 0 Å². The Morgan fingerprint density at radius 2 is 1.83 bits per heavy atom. The third kappa shape index (κ3) is 6.17. The predicted octanol–water partition coefficient (Wildman–Crippen LogP) is 2.72. The first-order chi connectivity index (χ1) is 8.41. The molecule has 0 aromatic rings. The van der Waals surface area contributed by atoms with Crippen LogP contribution in [0.4, 0.5) is 0 Å². The van der Waals surface area contributed by atoms with E-state index in [9.17, 15) is 5.11 Å². The van der Waals surface area contributed by atoms with Crippen LogP contribution < -0.4 is 5.32 Å². The van der Waals surface area contributed by atoms with Crippen LogP contribution in [0.5, 0.6) is 0 Å². The van der Waals surface area contributed by atoms with Crippen LogP contribution in [0.3, 0.4) is 0 Å². The Morgan fingerprint density at radius 1 is 1.22 bits per heavy atom. The number of rotatable bonds is 8. The van der Waals surface area contributed by atoms with Gasteiger partial charge in [-0.05, 0) is 39.0 Å². The topological polar surface area (TPSA) is 41.5 Å². The SMILES string of the molecule is CC(C)CC(C)OCC(O)CNC1(C)CCCC1. The van der Waals surface area contributed by atoms with Crippen molar-refractivity contribution in [3.05, 3.63) is 0 Å². The van der Waals surface area contributed by atoms with Crippen LogP contribution in [0.1, 0.15) is 59.8 Å². The molecule has 1 fully saturated rings. The molecule has 0 amide bonds. The van der Waals surface area contributed by atoms with Gasteiger partial charge in [0.15, 0.2) is 0 Å². The largest absolute Gasteiger partial charge is 0.389 e. The van der Waals surface area contributed by atoms with Gasteiger partial charge in [-0.15, -0.1) is 0 Å². The van der Waals surface area contributed by atoms with E-state index in [1.54, 1.807) is 0 Å². The van der Waals surface area contributed by atoms with Gasteiger partial charge in [0.05, 0.1) is 18.8 Å². The standard InChI is InChI=1S/C15H31NO2/c1-12(2)9-13(3)18-11-14(17)10-16-15(4)7-5-6-8-15/h12-14,16-17H,5-11H2,1-4H3. The van der Waals surface area contributed by atoms with Crippen LogP contribution in [0.2, 0.25) is 0 Å². The smallest absolute Gasteiger partial charge is 0.0898 e. The van der Waals surface area contributed by atoms with Crippen molar-refractivity contribution in [1.29, 1.82) is 0 Å². The van der Waals surface area contributed by atoms with Crippen molar-refractivity contribution in [3.63, 3.8) is 0 Å². The highest BCUT2D eigenvalue weighted by molar-refractivity contribution is 4.88. The molecule has 18 heavy (non-hydrogen) atoms. The fraction of sp³-hybridized carbons (Fsp3) is 1.00. The second kappa shape index (κ2) is 7.46. The van der Waals surface area contributed by atoms with E-state index in [4.69, 9.17) is 4.74 Å². The van der Waals surface area contributed by atoms with Gasteiger partial charge in [-0.25, -0.2) is 0 Å². The molecule has 3 nitrogen and oxygen atoms in total. The zero-order valence-electron chi connectivity index (χ0n) is 12.5. The highest BCUT2D eigenvalue weighted by Crippen LogP contribution is 2.28. The van der Waals surface area contributed by atoms with Crippen molar-refractivity contribution in [2.24, 2.45) is 5.92 Å². The quantitative estimate of drug-likeness (QED) is 0.702. The lowest BCUT2D eigenvalue weighted by molar-refractivity contribution is -0.0106. The van der Waals surface area contributed by atoms with Gasteiger partial charge in [0, 0.05) is 12.1 Å². The van der Waals surface area contributed by atoms with Gasteiger partial charge in [0.1, 0.15) is 0 Å². The fourth-order valence-corrected chi connectivity index (χ4v) is 2.76. The zero-order chi connectivity index (χ0) is 13.6. The predicted molar refractivity (Wildman–Crippen MR) is 75.8 cm³/mol. The summed E-state index contributed by atoms with van der Waals surface area (Å²) < 4.78 is 5.67. The Balaban J connectivity index is 2.11. The molecule has 0 aromatic heterocycles. The van der Waals surface area contributed by atoms with Crippen LogP contribution in [0.15, 0.2) is 0 Å². The molecule has 108 valence electrons. The Morgan fingerprint density at radius 3 is 2.39 bits per heavy atom. The molecule has 1 aliphatic carbocycles. The van der Waals surface area contributed by atoms with Crippen LogP contribution in [-0.2, 0) is 4.74 Å². The van der Waals surface area contributed by atoms with E-state index in [0.29, 0.717) is 19.1 Å². The van der Waals surface area contributed by atoms with Gasteiger partial charge < -0.3 is 15.2 Å². The van der Waals surface area contributed by atoms with Crippen molar-refractivity contribution in [3.8, 4) is 0 Å². The minimum absolute atomic E-state index is 0.238. The molecule has 0 radical (unpaired) electrons. The number of β-amino-alcohol motifs (C(OH)–C–C–N with tert-alkyl or cyclic N) is 1. The maximum absolute atomic E-state index is 9.92. The molecule has 2 N–H and O–H groups in total. The van der Waals surface area contributed by atoms with Crippen molar-refractivity contribution in [2.75, 3.05) is 13.2 Å². The second-order valence-corrected chi connectivity index (χ2v) is 6.58. The van der Waals surface area contributed by atoms with Crippen molar-refractivity contribution in [1.82, 2.24) is 5.32 Å². The molecule has 0 spiro atoms. The van der Waals surface area contributed by atoms with Crippen molar-refractivity contribution >= 4 is 0 Å². The van der Waals surface area contributed by atoms with Crippen LogP contribution in [0.25, 0.3) is 0 Å². The molecule has 1 saturated carbocycles. The number of hydrogen-bond donors (Lipinski definition) is 2. The molecule has 0 aromatic carbocycles. The van der Waals surface area contributed by atoms with E-state index in [-0.39, 0.29) is 11.6 Å². The minimum atomic E-state index is -0.392. The molecule has 2 unspecified atom stereocenters. The van der Waals surface area contributed by atoms with Gasteiger partial charge >= 0.3 is 0 Å². The summed E-state index contributed by atoms with van der Waals surface area (Å²) in [7, 11) is 0. The summed E-state index contributed by atoms with van der Waals surface area (Å²) >= 11 is 0. The second-order valence-electron chi connectivity index (χ2n) is 6.58. The van der Waals surface area contributed by atoms with Crippen molar-refractivity contribution < 1.29 is 9.84 Å². The first-order valence-corrected chi connectivity index (χ1v) is 7.46. The van der Waals surface area contributed by atoms with Gasteiger partial charge in [0.25, 0.3) is 0 Å². The summed E-state index contributed by atoms with van der Waals surface area (Å²) in [6.07, 6.45) is 5.97. The van der Waals surface area contributed by atoms with E-state index in [2.05, 4.69) is 33.0 Å². The summed E-state index contributed by atoms with van der Waals surface area (Å²) in [5.74, 6) is 0.646. The molecule has 0 heterocycles. The number of nitrogens with one attached hydrogen (secondary N) is 1. The maximum atomic E-state index is 9.92. The van der Waals surface area contributed by atoms with E-state index in [1.807, 2.05) is 0 Å². The van der Waals surface area contributed by atoms with E-state index < -0.39 is 6.10 Å². The summed E-state index contributed by atoms with van der Waals surface area (Å²) in [6.45, 7) is 9.81. The minimum Gasteiger partial charge on any atom is -0.389 e. The first kappa shape index (κ1) is 15.9. The molecule has 1 rings (SSSR count). The fourth-order valence-electron chi connectivity index (χ4n) is 2.76. The van der Waals surface area contributed by atoms with Crippen LogP contribution in [0, 0.1) is 5.92 Å². The highest BCUT2D eigenvalue weighted by Gasteiger charge is 2.28. The lowest BCUT2D eigenvalue weighted by atomic mass is 10.0. The summed E-state index contributed by atoms with van der Waals surface area (Å²) in [4.78, 5) is 0. The molecule has 0 aliphatic heterocycles. The normalized spacial score (nSPS) is 22.3. The lowest BCUT2D eigenvalue weighted by Crippen LogP contribution is -2.44. The Labute approximate surface area is 112 Å². The Kier molecular flexibility index (Phi) is 6.61. The van der Waals surface area contributed by atoms with E-state index in [0.717, 1.165) is 6.42 Å². The Hall–Kier alpha value is -0.120. The third-order valence-electron chi connectivity index (χ3n) is 3.85. The van der Waals surface area contributed by atoms with Gasteiger partial charge in [-0.3, -0.25) is 0 Å². The highest BCUT2D eigenvalue weighted by atomic mass is 16.5. The summed E-state index contributed by atoms with van der Waals surface area (Å²) in [5, 5.41) is 13.4. The molecule has 0 saturated heterocycles. The van der Waals surface area contributed by atoms with E-state index >= 15 is 0 Å². The monoisotopic (exact) mass is 257 g/mol. The van der Waals surface area contributed by atoms with E-state index in [1.165, 1.54) is 25.7 Å². The number of aliphatic hydroxyl groups excluding tert-OH is 1. The van der Waals surface area contributed by atoms with Crippen molar-refractivity contribution in [2.45, 2.75) is 77.5 Å². The molecule has 0 bridgehead atoms. The summed E-state index contributed by atoms with van der Waals surface area (Å²) in [6, 6.07) is 0. The molecular weight excluding hydrogens is 226 g/mol. The average molecular weight is 257 g/mol. The summed E-state index contributed by atoms with van der Waals surface area (Å²) in [5.41, 5.74) is 0.241. The zero-order valence-corrected chi connectivity index (χ0v) is 12.5. The van der Waals surface area contributed by atoms with Gasteiger partial charge in [-0.1, -0.05) is 26.7 Å². The Bertz CT molecular complexity index is 225. The molecule has 3 heteroatoms. The number of ether oxygens (including phenoxy) is 1. The molecule has 2 atom stereocenters.